The number of aromatic nitrogens is 2. The van der Waals surface area contributed by atoms with Gasteiger partial charge in [0.15, 0.2) is 22.5 Å². The van der Waals surface area contributed by atoms with Gasteiger partial charge in [-0.3, -0.25) is 0 Å². The number of nitrogens with zero attached hydrogens (tertiary/aromatic N) is 2. The summed E-state index contributed by atoms with van der Waals surface area (Å²) in [7, 11) is 7.46. The van der Waals surface area contributed by atoms with E-state index in [0.29, 0.717) is 0 Å². The number of fused-ring (bicyclic) bond motifs is 1. The smallest absolute Gasteiger partial charge is 0.289 e. The van der Waals surface area contributed by atoms with Crippen molar-refractivity contribution >= 4 is 23.4 Å². The van der Waals surface area contributed by atoms with E-state index in [1.54, 1.807) is 14.2 Å². The Morgan fingerprint density at radius 2 is 1.64 bits per heavy atom. The molecule has 0 amide bonds. The van der Waals surface area contributed by atoms with Gasteiger partial charge in [-0.1, -0.05) is 12.1 Å². The Bertz CT molecular complexity index is 773. The Morgan fingerprint density at radius 1 is 0.955 bits per heavy atom. The molecule has 0 aliphatic heterocycles. The third-order valence-electron chi connectivity index (χ3n) is 3.88. The van der Waals surface area contributed by atoms with E-state index in [1.807, 2.05) is 12.1 Å². The highest BCUT2D eigenvalue weighted by Crippen LogP contribution is 2.32. The lowest BCUT2D eigenvalue weighted by atomic mass is 10.2. The summed E-state index contributed by atoms with van der Waals surface area (Å²) in [4.78, 5) is 0. The first-order valence-corrected chi connectivity index (χ1v) is 6.83. The minimum Gasteiger partial charge on any atom is -0.493 e. The molecule has 3 aromatic rings. The molecule has 4 nitrogen and oxygen atoms in total. The van der Waals surface area contributed by atoms with Crippen LogP contribution in [0.5, 0.6) is 11.5 Å². The summed E-state index contributed by atoms with van der Waals surface area (Å²) in [6.07, 6.45) is 0. The van der Waals surface area contributed by atoms with Crippen LogP contribution in [-0.4, -0.2) is 18.8 Å². The molecule has 22 heavy (non-hydrogen) atoms. The fourth-order valence-corrected chi connectivity index (χ4v) is 2.85. The molecule has 0 atom stereocenters. The highest BCUT2D eigenvalue weighted by molar-refractivity contribution is 5.85. The van der Waals surface area contributed by atoms with Crippen LogP contribution in [-0.2, 0) is 14.1 Å². The van der Waals surface area contributed by atoms with Gasteiger partial charge in [-0.25, -0.2) is 9.13 Å². The Morgan fingerprint density at radius 3 is 2.27 bits per heavy atom. The summed E-state index contributed by atoms with van der Waals surface area (Å²) in [5.74, 6) is 2.60. The summed E-state index contributed by atoms with van der Waals surface area (Å²) in [6.45, 7) is 0. The van der Waals surface area contributed by atoms with E-state index < -0.39 is 0 Å². The first kappa shape index (κ1) is 16.2. The third-order valence-corrected chi connectivity index (χ3v) is 3.88. The lowest BCUT2D eigenvalue weighted by Gasteiger charge is -2.08. The Labute approximate surface area is 136 Å². The molecular weight excluding hydrogens is 300 g/mol. The summed E-state index contributed by atoms with van der Waals surface area (Å²) in [5.41, 5.74) is 3.49. The minimum atomic E-state index is 0. The van der Waals surface area contributed by atoms with Crippen LogP contribution in [0.15, 0.2) is 42.5 Å². The number of aryl methyl sites for hydroxylation is 2. The second-order valence-electron chi connectivity index (χ2n) is 5.00. The van der Waals surface area contributed by atoms with Crippen LogP contribution in [0.3, 0.4) is 0 Å². The number of rotatable bonds is 3. The third kappa shape index (κ3) is 2.40. The van der Waals surface area contributed by atoms with Gasteiger partial charge in [0, 0.05) is 0 Å². The fraction of sp³-hybridized carbons (Fsp3) is 0.235. The molecule has 0 N–H and O–H groups in total. The van der Waals surface area contributed by atoms with E-state index in [1.165, 1.54) is 11.0 Å². The zero-order chi connectivity index (χ0) is 15.0. The van der Waals surface area contributed by atoms with Crippen molar-refractivity contribution in [3.05, 3.63) is 42.5 Å². The highest BCUT2D eigenvalue weighted by Gasteiger charge is 2.22. The molecule has 1 heterocycles. The lowest BCUT2D eigenvalue weighted by molar-refractivity contribution is -0.634. The molecule has 5 heteroatoms. The number of methoxy groups -OCH3 is 2. The molecule has 0 aliphatic carbocycles. The maximum atomic E-state index is 5.41. The minimum absolute atomic E-state index is 0. The van der Waals surface area contributed by atoms with Crippen molar-refractivity contribution in [3.8, 4) is 22.9 Å². The maximum absolute atomic E-state index is 5.41. The zero-order valence-corrected chi connectivity index (χ0v) is 14.0. The van der Waals surface area contributed by atoms with E-state index in [9.17, 15) is 0 Å². The predicted octanol–water partition coefficient (Wildman–Crippen LogP) is 3.11. The monoisotopic (exact) mass is 319 g/mol. The number of para-hydroxylation sites is 2. The number of hydrogen-bond acceptors (Lipinski definition) is 2. The number of hydrogen-bond donors (Lipinski definition) is 0. The van der Waals surface area contributed by atoms with Gasteiger partial charge in [-0.2, -0.15) is 0 Å². The first-order chi connectivity index (χ1) is 10.2. The van der Waals surface area contributed by atoms with Crippen molar-refractivity contribution in [2.75, 3.05) is 14.2 Å². The molecule has 0 spiro atoms. The van der Waals surface area contributed by atoms with Crippen LogP contribution in [0.25, 0.3) is 22.4 Å². The van der Waals surface area contributed by atoms with Crippen LogP contribution in [0.1, 0.15) is 0 Å². The van der Waals surface area contributed by atoms with E-state index in [0.717, 1.165) is 22.9 Å². The molecule has 1 aromatic heterocycles. The zero-order valence-electron chi connectivity index (χ0n) is 13.2. The van der Waals surface area contributed by atoms with Gasteiger partial charge in [0.2, 0.25) is 0 Å². The molecule has 116 valence electrons. The number of imidazole rings is 1. The Hall–Kier alpha value is -2.20. The van der Waals surface area contributed by atoms with Gasteiger partial charge >= 0.3 is 0 Å². The SMILES string of the molecule is COc1ccc(-c2n(C)c3ccccc3[n+]2C)cc1OC.Cl. The summed E-state index contributed by atoms with van der Waals surface area (Å²) >= 11 is 0. The molecule has 0 bridgehead atoms. The first-order valence-electron chi connectivity index (χ1n) is 6.83. The Kier molecular flexibility index (Phi) is 4.62. The molecule has 0 fully saturated rings. The van der Waals surface area contributed by atoms with Crippen molar-refractivity contribution in [1.82, 2.24) is 4.57 Å². The molecule has 0 saturated heterocycles. The van der Waals surface area contributed by atoms with Crippen molar-refractivity contribution in [1.29, 1.82) is 0 Å². The van der Waals surface area contributed by atoms with Crippen LogP contribution >= 0.6 is 12.4 Å². The van der Waals surface area contributed by atoms with Crippen LogP contribution < -0.4 is 14.0 Å². The molecular formula is C17H20ClN2O2+. The quantitative estimate of drug-likeness (QED) is 0.694. The van der Waals surface area contributed by atoms with Gasteiger partial charge in [0.1, 0.15) is 0 Å². The van der Waals surface area contributed by atoms with Crippen molar-refractivity contribution in [3.63, 3.8) is 0 Å². The fourth-order valence-electron chi connectivity index (χ4n) is 2.85. The normalized spacial score (nSPS) is 10.4. The van der Waals surface area contributed by atoms with Crippen LogP contribution in [0.2, 0.25) is 0 Å². The van der Waals surface area contributed by atoms with Gasteiger partial charge in [-0.15, -0.1) is 12.4 Å². The van der Waals surface area contributed by atoms with E-state index in [2.05, 4.69) is 53.6 Å². The van der Waals surface area contributed by atoms with Crippen molar-refractivity contribution < 1.29 is 14.0 Å². The van der Waals surface area contributed by atoms with Gasteiger partial charge in [0.05, 0.1) is 33.9 Å². The molecule has 0 unspecified atom stereocenters. The topological polar surface area (TPSA) is 27.3 Å². The van der Waals surface area contributed by atoms with E-state index in [-0.39, 0.29) is 12.4 Å². The van der Waals surface area contributed by atoms with Gasteiger partial charge < -0.3 is 9.47 Å². The van der Waals surface area contributed by atoms with Gasteiger partial charge in [-0.05, 0) is 30.3 Å². The van der Waals surface area contributed by atoms with Gasteiger partial charge in [0.25, 0.3) is 5.82 Å². The number of halogens is 1. The van der Waals surface area contributed by atoms with Crippen LogP contribution in [0, 0.1) is 0 Å². The van der Waals surface area contributed by atoms with E-state index in [4.69, 9.17) is 9.47 Å². The summed E-state index contributed by atoms with van der Waals surface area (Å²) in [6, 6.07) is 14.4. The Balaban J connectivity index is 0.00000176. The second kappa shape index (κ2) is 6.28. The van der Waals surface area contributed by atoms with E-state index >= 15 is 0 Å². The second-order valence-corrected chi connectivity index (χ2v) is 5.00. The van der Waals surface area contributed by atoms with Crippen LogP contribution in [0.4, 0.5) is 0 Å². The average molecular weight is 320 g/mol. The molecule has 0 saturated carbocycles. The number of ether oxygens (including phenoxy) is 2. The molecule has 0 radical (unpaired) electrons. The average Bonchev–Trinajstić information content (AvgIpc) is 2.78. The number of benzene rings is 2. The van der Waals surface area contributed by atoms with Crippen molar-refractivity contribution in [2.45, 2.75) is 0 Å². The summed E-state index contributed by atoms with van der Waals surface area (Å²) in [5, 5.41) is 0. The molecule has 0 aliphatic rings. The molecule has 2 aromatic carbocycles. The summed E-state index contributed by atoms with van der Waals surface area (Å²) < 4.78 is 15.1. The standard InChI is InChI=1S/C17H19N2O2.ClH/c1-18-13-7-5-6-8-14(13)19(2)17(18)12-9-10-15(20-3)16(11-12)21-4;/h5-11H,1-4H3;1H/q+1;. The maximum Gasteiger partial charge on any atom is 0.289 e. The lowest BCUT2D eigenvalue weighted by Crippen LogP contribution is -2.29. The van der Waals surface area contributed by atoms with Crippen molar-refractivity contribution in [2.24, 2.45) is 14.1 Å². The highest BCUT2D eigenvalue weighted by atomic mass is 35.5. The predicted molar refractivity (Wildman–Crippen MR) is 89.9 cm³/mol. The largest absolute Gasteiger partial charge is 0.493 e. The molecule has 3 rings (SSSR count).